The van der Waals surface area contributed by atoms with Gasteiger partial charge in [-0.25, -0.2) is 4.79 Å². The van der Waals surface area contributed by atoms with Gasteiger partial charge in [0.15, 0.2) is 0 Å². The number of nitrogens with zero attached hydrogens (tertiary/aromatic N) is 1. The van der Waals surface area contributed by atoms with Crippen molar-refractivity contribution in [3.63, 3.8) is 0 Å². The van der Waals surface area contributed by atoms with Gasteiger partial charge in [0.05, 0.1) is 6.54 Å². The third-order valence-corrected chi connectivity index (χ3v) is 3.77. The first kappa shape index (κ1) is 17.8. The van der Waals surface area contributed by atoms with Crippen LogP contribution < -0.4 is 16.0 Å². The number of likely N-dealkylation sites (tertiary alicyclic amines) is 1. The Bertz CT molecular complexity index is 580. The van der Waals surface area contributed by atoms with Gasteiger partial charge in [0.1, 0.15) is 0 Å². The predicted octanol–water partition coefficient (Wildman–Crippen LogP) is 1.57. The van der Waals surface area contributed by atoms with E-state index in [1.807, 2.05) is 11.8 Å². The van der Waals surface area contributed by atoms with E-state index in [1.54, 1.807) is 24.3 Å². The van der Waals surface area contributed by atoms with Crippen LogP contribution in [0.3, 0.4) is 0 Å². The molecule has 7 nitrogen and oxygen atoms in total. The van der Waals surface area contributed by atoms with Crippen LogP contribution in [0.2, 0.25) is 0 Å². The van der Waals surface area contributed by atoms with Gasteiger partial charge >= 0.3 is 6.03 Å². The summed E-state index contributed by atoms with van der Waals surface area (Å²) in [7, 11) is 0. The maximum Gasteiger partial charge on any atom is 0.321 e. The minimum Gasteiger partial charge on any atom is -0.376 e. The quantitative estimate of drug-likeness (QED) is 0.737. The molecule has 1 aromatic rings. The second kappa shape index (κ2) is 8.90. The number of benzene rings is 1. The zero-order valence-electron chi connectivity index (χ0n) is 13.9. The lowest BCUT2D eigenvalue weighted by Crippen LogP contribution is -2.42. The Morgan fingerprint density at radius 2 is 1.75 bits per heavy atom. The Balaban J connectivity index is 1.78. The number of hydrogen-bond donors (Lipinski definition) is 3. The van der Waals surface area contributed by atoms with Crippen LogP contribution in [0.25, 0.3) is 0 Å². The van der Waals surface area contributed by atoms with Gasteiger partial charge in [-0.3, -0.25) is 14.9 Å². The highest BCUT2D eigenvalue weighted by Crippen LogP contribution is 2.15. The maximum absolute atomic E-state index is 12.2. The second-order valence-electron chi connectivity index (χ2n) is 5.73. The summed E-state index contributed by atoms with van der Waals surface area (Å²) >= 11 is 0. The highest BCUT2D eigenvalue weighted by Gasteiger charge is 2.19. The molecule has 1 aliphatic heterocycles. The molecule has 2 rings (SSSR count). The average molecular weight is 332 g/mol. The number of urea groups is 1. The van der Waals surface area contributed by atoms with Crippen LogP contribution in [0.15, 0.2) is 24.3 Å². The van der Waals surface area contributed by atoms with Crippen molar-refractivity contribution in [3.05, 3.63) is 29.8 Å². The fourth-order valence-corrected chi connectivity index (χ4v) is 2.47. The summed E-state index contributed by atoms with van der Waals surface area (Å²) < 4.78 is 0. The van der Waals surface area contributed by atoms with Crippen molar-refractivity contribution in [3.8, 4) is 0 Å². The molecule has 0 aromatic heterocycles. The van der Waals surface area contributed by atoms with Crippen molar-refractivity contribution in [1.29, 1.82) is 0 Å². The normalized spacial score (nSPS) is 13.5. The van der Waals surface area contributed by atoms with Crippen LogP contribution in [0.1, 0.15) is 36.5 Å². The zero-order chi connectivity index (χ0) is 17.4. The lowest BCUT2D eigenvalue weighted by Gasteiger charge is -2.15. The predicted molar refractivity (Wildman–Crippen MR) is 91.9 cm³/mol. The van der Waals surface area contributed by atoms with Crippen LogP contribution in [0.4, 0.5) is 10.5 Å². The van der Waals surface area contributed by atoms with Crippen molar-refractivity contribution in [1.82, 2.24) is 15.5 Å². The summed E-state index contributed by atoms with van der Waals surface area (Å²) in [5, 5.41) is 7.73. The summed E-state index contributed by atoms with van der Waals surface area (Å²) in [6, 6.07) is 6.51. The molecule has 1 aromatic carbocycles. The molecular weight excluding hydrogens is 308 g/mol. The molecule has 1 saturated heterocycles. The Morgan fingerprint density at radius 1 is 1.08 bits per heavy atom. The maximum atomic E-state index is 12.2. The second-order valence-corrected chi connectivity index (χ2v) is 5.73. The molecule has 0 spiro atoms. The number of amides is 4. The van der Waals surface area contributed by atoms with E-state index < -0.39 is 11.9 Å². The molecule has 1 aliphatic rings. The third kappa shape index (κ3) is 5.26. The van der Waals surface area contributed by atoms with E-state index in [-0.39, 0.29) is 12.5 Å². The third-order valence-electron chi connectivity index (χ3n) is 3.77. The first-order chi connectivity index (χ1) is 11.6. The monoisotopic (exact) mass is 332 g/mol. The van der Waals surface area contributed by atoms with E-state index in [4.69, 9.17) is 0 Å². The lowest BCUT2D eigenvalue weighted by molar-refractivity contribution is -0.118. The highest BCUT2D eigenvalue weighted by atomic mass is 16.2. The van der Waals surface area contributed by atoms with E-state index in [2.05, 4.69) is 16.0 Å². The number of rotatable bonds is 6. The van der Waals surface area contributed by atoms with Gasteiger partial charge in [-0.1, -0.05) is 6.92 Å². The fraction of sp³-hybridized carbons (Fsp3) is 0.471. The fourth-order valence-electron chi connectivity index (χ4n) is 2.47. The molecule has 3 N–H and O–H groups in total. The van der Waals surface area contributed by atoms with E-state index >= 15 is 0 Å². The molecule has 0 aliphatic carbocycles. The Hall–Kier alpha value is -2.57. The molecular formula is C17H24N4O3. The molecule has 130 valence electrons. The summed E-state index contributed by atoms with van der Waals surface area (Å²) in [5.74, 6) is -0.370. The Kier molecular flexibility index (Phi) is 6.60. The van der Waals surface area contributed by atoms with Crippen molar-refractivity contribution in [2.75, 3.05) is 31.5 Å². The van der Waals surface area contributed by atoms with Gasteiger partial charge in [0.2, 0.25) is 5.91 Å². The minimum atomic E-state index is -0.491. The number of carbonyl (C=O) groups is 3. The van der Waals surface area contributed by atoms with E-state index in [9.17, 15) is 14.4 Å². The van der Waals surface area contributed by atoms with Crippen LogP contribution in [0, 0.1) is 0 Å². The van der Waals surface area contributed by atoms with Crippen molar-refractivity contribution >= 4 is 23.5 Å². The molecule has 1 fully saturated rings. The van der Waals surface area contributed by atoms with Gasteiger partial charge in [0.25, 0.3) is 5.91 Å². The topological polar surface area (TPSA) is 90.5 Å². The number of hydrogen-bond acceptors (Lipinski definition) is 4. The molecule has 0 bridgehead atoms. The van der Waals surface area contributed by atoms with Gasteiger partial charge in [0, 0.05) is 30.9 Å². The van der Waals surface area contributed by atoms with Gasteiger partial charge in [-0.15, -0.1) is 0 Å². The van der Waals surface area contributed by atoms with Crippen molar-refractivity contribution < 1.29 is 14.4 Å². The summed E-state index contributed by atoms with van der Waals surface area (Å²) in [6.07, 6.45) is 2.93. The largest absolute Gasteiger partial charge is 0.376 e. The molecule has 4 amide bonds. The molecule has 0 saturated carbocycles. The number of nitrogens with one attached hydrogen (secondary N) is 3. The molecule has 0 radical (unpaired) electrons. The zero-order valence-corrected chi connectivity index (χ0v) is 13.9. The standard InChI is InChI=1S/C17H24N4O3/c1-2-9-18-17(24)20-15(22)12-19-14-7-5-13(6-8-14)16(23)21-10-3-4-11-21/h5-8,19H,2-4,9-12H2,1H3,(H2,18,20,22,24). The summed E-state index contributed by atoms with van der Waals surface area (Å²) in [4.78, 5) is 37.1. The van der Waals surface area contributed by atoms with Gasteiger partial charge in [-0.05, 0) is 43.5 Å². The highest BCUT2D eigenvalue weighted by molar-refractivity contribution is 5.96. The number of imide groups is 1. The smallest absolute Gasteiger partial charge is 0.321 e. The molecule has 7 heteroatoms. The summed E-state index contributed by atoms with van der Waals surface area (Å²) in [6.45, 7) is 4.08. The molecule has 1 heterocycles. The van der Waals surface area contributed by atoms with Crippen molar-refractivity contribution in [2.45, 2.75) is 26.2 Å². The SMILES string of the molecule is CCCNC(=O)NC(=O)CNc1ccc(C(=O)N2CCCC2)cc1. The van der Waals surface area contributed by atoms with Crippen molar-refractivity contribution in [2.24, 2.45) is 0 Å². The minimum absolute atomic E-state index is 0.0149. The van der Waals surface area contributed by atoms with Gasteiger partial charge in [-0.2, -0.15) is 0 Å². The van der Waals surface area contributed by atoms with E-state index in [0.717, 1.165) is 38.0 Å². The van der Waals surface area contributed by atoms with Crippen LogP contribution in [-0.4, -0.2) is 48.9 Å². The first-order valence-corrected chi connectivity index (χ1v) is 8.31. The molecule has 0 unspecified atom stereocenters. The average Bonchev–Trinajstić information content (AvgIpc) is 3.12. The van der Waals surface area contributed by atoms with E-state index in [0.29, 0.717) is 12.1 Å². The molecule has 24 heavy (non-hydrogen) atoms. The van der Waals surface area contributed by atoms with Gasteiger partial charge < -0.3 is 15.5 Å². The molecule has 0 atom stereocenters. The van der Waals surface area contributed by atoms with Crippen LogP contribution in [-0.2, 0) is 4.79 Å². The first-order valence-electron chi connectivity index (χ1n) is 8.31. The summed E-state index contributed by atoms with van der Waals surface area (Å²) in [5.41, 5.74) is 1.36. The van der Waals surface area contributed by atoms with Crippen LogP contribution in [0.5, 0.6) is 0 Å². The number of anilines is 1. The van der Waals surface area contributed by atoms with Crippen LogP contribution >= 0.6 is 0 Å². The number of carbonyl (C=O) groups excluding carboxylic acids is 3. The lowest BCUT2D eigenvalue weighted by atomic mass is 10.2. The Morgan fingerprint density at radius 3 is 2.38 bits per heavy atom. The van der Waals surface area contributed by atoms with E-state index in [1.165, 1.54) is 0 Å². The Labute approximate surface area is 141 Å².